The fourth-order valence-electron chi connectivity index (χ4n) is 3.33. The largest absolute Gasteiger partial charge is 0.497 e. The number of carbonyl (C=O) groups is 2. The molecule has 3 aromatic carbocycles. The van der Waals surface area contributed by atoms with Crippen molar-refractivity contribution in [2.75, 3.05) is 14.2 Å². The molecule has 0 amide bonds. The van der Waals surface area contributed by atoms with Crippen molar-refractivity contribution in [1.82, 2.24) is 9.97 Å². The van der Waals surface area contributed by atoms with Gasteiger partial charge in [-0.2, -0.15) is 0 Å². The molecule has 4 rings (SSSR count). The third-order valence-electron chi connectivity index (χ3n) is 5.01. The molecule has 0 radical (unpaired) electrons. The molecule has 0 aliphatic rings. The molecule has 0 aliphatic carbocycles. The van der Waals surface area contributed by atoms with Crippen molar-refractivity contribution >= 4 is 39.7 Å². The summed E-state index contributed by atoms with van der Waals surface area (Å²) in [6.07, 6.45) is 2.95. The Morgan fingerprint density at radius 2 is 1.79 bits per heavy atom. The predicted octanol–water partition coefficient (Wildman–Crippen LogP) is 3.63. The van der Waals surface area contributed by atoms with E-state index in [1.165, 1.54) is 31.4 Å². The van der Waals surface area contributed by atoms with Crippen molar-refractivity contribution in [2.45, 2.75) is 6.61 Å². The van der Waals surface area contributed by atoms with Crippen LogP contribution in [0.1, 0.15) is 21.7 Å². The molecule has 0 fully saturated rings. The summed E-state index contributed by atoms with van der Waals surface area (Å²) in [7, 11) is 2.89. The van der Waals surface area contributed by atoms with Gasteiger partial charge in [-0.25, -0.2) is 14.6 Å². The first kappa shape index (κ1) is 21.8. The monoisotopic (exact) mass is 444 g/mol. The number of hydrogen-bond donors (Lipinski definition) is 1. The number of aromatic nitrogens is 2. The molecule has 8 nitrogen and oxygen atoms in total. The Labute approximate surface area is 188 Å². The standard InChI is InChI=1S/C25H20N2O6/c1-31-19-8-6-16-11-15(3-5-17(16)12-19)4-10-23(28)33-14-22-26-21-13-18(25(30)32-2)7-9-20(21)24(29)27-22/h3-13H,14H2,1-2H3,(H,26,27,29)/b10-4+. The summed E-state index contributed by atoms with van der Waals surface area (Å²) in [6.45, 7) is -0.228. The highest BCUT2D eigenvalue weighted by molar-refractivity contribution is 5.94. The minimum Gasteiger partial charge on any atom is -0.497 e. The van der Waals surface area contributed by atoms with E-state index >= 15 is 0 Å². The van der Waals surface area contributed by atoms with E-state index in [1.807, 2.05) is 36.4 Å². The summed E-state index contributed by atoms with van der Waals surface area (Å²) in [5.41, 5.74) is 1.00. The van der Waals surface area contributed by atoms with E-state index in [4.69, 9.17) is 9.47 Å². The van der Waals surface area contributed by atoms with Gasteiger partial charge in [-0.3, -0.25) is 4.79 Å². The van der Waals surface area contributed by atoms with Crippen molar-refractivity contribution in [3.05, 3.63) is 88.0 Å². The molecule has 1 aromatic heterocycles. The molecule has 0 saturated carbocycles. The molecule has 0 spiro atoms. The Bertz CT molecular complexity index is 1450. The average molecular weight is 444 g/mol. The molecular formula is C25H20N2O6. The molecule has 0 aliphatic heterocycles. The van der Waals surface area contributed by atoms with Gasteiger partial charge in [0.1, 0.15) is 18.2 Å². The second-order valence-electron chi connectivity index (χ2n) is 7.15. The number of hydrogen-bond acceptors (Lipinski definition) is 7. The van der Waals surface area contributed by atoms with Crippen LogP contribution in [0.4, 0.5) is 0 Å². The molecular weight excluding hydrogens is 424 g/mol. The fraction of sp³-hybridized carbons (Fsp3) is 0.120. The van der Waals surface area contributed by atoms with E-state index in [0.717, 1.165) is 22.1 Å². The van der Waals surface area contributed by atoms with Gasteiger partial charge in [-0.15, -0.1) is 0 Å². The number of methoxy groups -OCH3 is 2. The fourth-order valence-corrected chi connectivity index (χ4v) is 3.33. The number of nitrogens with zero attached hydrogens (tertiary/aromatic N) is 1. The predicted molar refractivity (Wildman–Crippen MR) is 123 cm³/mol. The first-order chi connectivity index (χ1) is 16.0. The molecule has 166 valence electrons. The molecule has 33 heavy (non-hydrogen) atoms. The number of esters is 2. The molecule has 0 atom stereocenters. The third-order valence-corrected chi connectivity index (χ3v) is 5.01. The first-order valence-corrected chi connectivity index (χ1v) is 10.0. The van der Waals surface area contributed by atoms with E-state index in [-0.39, 0.29) is 18.0 Å². The van der Waals surface area contributed by atoms with Crippen LogP contribution in [-0.2, 0) is 20.9 Å². The van der Waals surface area contributed by atoms with Crippen molar-refractivity contribution in [2.24, 2.45) is 0 Å². The zero-order valence-electron chi connectivity index (χ0n) is 18.0. The van der Waals surface area contributed by atoms with E-state index in [2.05, 4.69) is 14.7 Å². The van der Waals surface area contributed by atoms with Gasteiger partial charge in [0.25, 0.3) is 5.56 Å². The molecule has 1 N–H and O–H groups in total. The molecule has 8 heteroatoms. The van der Waals surface area contributed by atoms with E-state index in [0.29, 0.717) is 10.9 Å². The maximum absolute atomic E-state index is 12.3. The SMILES string of the molecule is COC(=O)c1ccc2c(=O)[nH]c(COC(=O)/C=C/c3ccc4cc(OC)ccc4c3)nc2c1. The highest BCUT2D eigenvalue weighted by atomic mass is 16.5. The lowest BCUT2D eigenvalue weighted by atomic mass is 10.1. The van der Waals surface area contributed by atoms with Gasteiger partial charge in [0, 0.05) is 6.08 Å². The Hall–Kier alpha value is -4.46. The van der Waals surface area contributed by atoms with E-state index in [1.54, 1.807) is 13.2 Å². The van der Waals surface area contributed by atoms with Crippen LogP contribution < -0.4 is 10.3 Å². The van der Waals surface area contributed by atoms with Crippen LogP contribution in [0.25, 0.3) is 27.8 Å². The normalized spacial score (nSPS) is 11.1. The Morgan fingerprint density at radius 3 is 2.58 bits per heavy atom. The van der Waals surface area contributed by atoms with Crippen LogP contribution >= 0.6 is 0 Å². The van der Waals surface area contributed by atoms with E-state index in [9.17, 15) is 14.4 Å². The summed E-state index contributed by atoms with van der Waals surface area (Å²) < 4.78 is 15.1. The zero-order chi connectivity index (χ0) is 23.4. The van der Waals surface area contributed by atoms with Gasteiger partial charge >= 0.3 is 11.9 Å². The van der Waals surface area contributed by atoms with Crippen LogP contribution in [0.15, 0.2) is 65.5 Å². The topological polar surface area (TPSA) is 108 Å². The number of benzene rings is 3. The number of aromatic amines is 1. The summed E-state index contributed by atoms with van der Waals surface area (Å²) in [5, 5.41) is 2.35. The third kappa shape index (κ3) is 4.90. The molecule has 1 heterocycles. The Balaban J connectivity index is 1.45. The summed E-state index contributed by atoms with van der Waals surface area (Å²) in [5.74, 6) is -0.187. The van der Waals surface area contributed by atoms with Crippen LogP contribution in [-0.4, -0.2) is 36.1 Å². The minimum atomic E-state index is -0.587. The van der Waals surface area contributed by atoms with Gasteiger partial charge in [-0.05, 0) is 58.8 Å². The number of rotatable bonds is 6. The summed E-state index contributed by atoms with van der Waals surface area (Å²) in [4.78, 5) is 43.0. The molecule has 0 saturated heterocycles. The van der Waals surface area contributed by atoms with Crippen LogP contribution in [0.3, 0.4) is 0 Å². The highest BCUT2D eigenvalue weighted by Crippen LogP contribution is 2.22. The Kier molecular flexibility index (Phi) is 6.17. The summed E-state index contributed by atoms with van der Waals surface area (Å²) in [6, 6.07) is 15.9. The van der Waals surface area contributed by atoms with Crippen molar-refractivity contribution in [3.8, 4) is 5.75 Å². The van der Waals surface area contributed by atoms with E-state index < -0.39 is 17.5 Å². The van der Waals surface area contributed by atoms with Crippen LogP contribution in [0.5, 0.6) is 5.75 Å². The summed E-state index contributed by atoms with van der Waals surface area (Å²) >= 11 is 0. The van der Waals surface area contributed by atoms with Gasteiger partial charge in [0.2, 0.25) is 0 Å². The molecule has 0 bridgehead atoms. The first-order valence-electron chi connectivity index (χ1n) is 10.0. The van der Waals surface area contributed by atoms with Crippen molar-refractivity contribution < 1.29 is 23.8 Å². The number of ether oxygens (including phenoxy) is 3. The van der Waals surface area contributed by atoms with Gasteiger partial charge in [-0.1, -0.05) is 18.2 Å². The number of H-pyrrole nitrogens is 1. The lowest BCUT2D eigenvalue weighted by molar-refractivity contribution is -0.139. The Morgan fingerprint density at radius 1 is 1.00 bits per heavy atom. The second-order valence-corrected chi connectivity index (χ2v) is 7.15. The minimum absolute atomic E-state index is 0.163. The van der Waals surface area contributed by atoms with Gasteiger partial charge in [0.05, 0.1) is 30.7 Å². The zero-order valence-corrected chi connectivity index (χ0v) is 18.0. The van der Waals surface area contributed by atoms with Crippen molar-refractivity contribution in [3.63, 3.8) is 0 Å². The van der Waals surface area contributed by atoms with Gasteiger partial charge < -0.3 is 19.2 Å². The maximum Gasteiger partial charge on any atom is 0.337 e. The van der Waals surface area contributed by atoms with Crippen LogP contribution in [0.2, 0.25) is 0 Å². The highest BCUT2D eigenvalue weighted by Gasteiger charge is 2.10. The molecule has 4 aromatic rings. The quantitative estimate of drug-likeness (QED) is 0.357. The maximum atomic E-state index is 12.3. The number of fused-ring (bicyclic) bond motifs is 2. The van der Waals surface area contributed by atoms with Crippen molar-refractivity contribution in [1.29, 1.82) is 0 Å². The van der Waals surface area contributed by atoms with Gasteiger partial charge in [0.15, 0.2) is 0 Å². The lowest BCUT2D eigenvalue weighted by Crippen LogP contribution is -2.14. The average Bonchev–Trinajstić information content (AvgIpc) is 2.84. The number of nitrogens with one attached hydrogen (secondary N) is 1. The number of carbonyl (C=O) groups excluding carboxylic acids is 2. The second kappa shape index (κ2) is 9.35. The van der Waals surface area contributed by atoms with Crippen LogP contribution in [0, 0.1) is 0 Å². The lowest BCUT2D eigenvalue weighted by Gasteiger charge is -2.05. The smallest absolute Gasteiger partial charge is 0.337 e. The molecule has 0 unspecified atom stereocenters.